The van der Waals surface area contributed by atoms with Crippen molar-refractivity contribution in [2.75, 3.05) is 13.1 Å². The maximum atomic E-state index is 13.4. The Kier molecular flexibility index (Phi) is 6.25. The SMILES string of the molecule is CCN(CC)C(=O)C(F)(F)C(F)(F)C(F)(F)C(F)(F)C(F)(F)C(F)(F)F. The molecule has 0 saturated heterocycles. The Hall–Kier alpha value is -1.44. The van der Waals surface area contributed by atoms with Gasteiger partial charge >= 0.3 is 35.8 Å². The van der Waals surface area contributed by atoms with Crippen LogP contribution < -0.4 is 0 Å². The zero-order chi connectivity index (χ0) is 21.6. The molecule has 0 atom stereocenters. The van der Waals surface area contributed by atoms with Crippen LogP contribution in [0.2, 0.25) is 0 Å². The Morgan fingerprint density at radius 2 is 0.923 bits per heavy atom. The average Bonchev–Trinajstić information content (AvgIpc) is 2.46. The number of halogens is 13. The first-order valence-corrected chi connectivity index (χ1v) is 6.43. The fourth-order valence-electron chi connectivity index (χ4n) is 1.61. The van der Waals surface area contributed by atoms with E-state index >= 15 is 0 Å². The number of carbonyl (C=O) groups excluding carboxylic acids is 1. The highest BCUT2D eigenvalue weighted by molar-refractivity contribution is 5.85. The molecule has 0 spiro atoms. The third-order valence-corrected chi connectivity index (χ3v) is 3.25. The largest absolute Gasteiger partial charge is 0.460 e. The second kappa shape index (κ2) is 6.62. The van der Waals surface area contributed by atoms with E-state index in [2.05, 4.69) is 0 Å². The van der Waals surface area contributed by atoms with E-state index in [1.807, 2.05) is 0 Å². The molecule has 15 heteroatoms. The zero-order valence-electron chi connectivity index (χ0n) is 12.7. The first-order valence-electron chi connectivity index (χ1n) is 6.43. The van der Waals surface area contributed by atoms with E-state index in [-0.39, 0.29) is 4.90 Å². The highest BCUT2D eigenvalue weighted by atomic mass is 19.4. The van der Waals surface area contributed by atoms with Gasteiger partial charge in [0.2, 0.25) is 0 Å². The molecule has 0 heterocycles. The van der Waals surface area contributed by atoms with Gasteiger partial charge in [0.1, 0.15) is 0 Å². The lowest BCUT2D eigenvalue weighted by Gasteiger charge is -2.40. The molecule has 0 bridgehead atoms. The topological polar surface area (TPSA) is 20.3 Å². The molecule has 0 aliphatic heterocycles. The van der Waals surface area contributed by atoms with Crippen LogP contribution in [-0.4, -0.2) is 59.7 Å². The van der Waals surface area contributed by atoms with Crippen molar-refractivity contribution in [1.82, 2.24) is 4.90 Å². The monoisotopic (exact) mass is 419 g/mol. The fraction of sp³-hybridized carbons (Fsp3) is 0.909. The molecule has 156 valence electrons. The van der Waals surface area contributed by atoms with Gasteiger partial charge in [-0.05, 0) is 13.8 Å². The summed E-state index contributed by atoms with van der Waals surface area (Å²) in [4.78, 5) is 11.0. The molecular formula is C11H10F13NO. The number of rotatable bonds is 7. The average molecular weight is 419 g/mol. The van der Waals surface area contributed by atoms with Crippen molar-refractivity contribution in [3.05, 3.63) is 0 Å². The summed E-state index contributed by atoms with van der Waals surface area (Å²) in [6.07, 6.45) is -7.48. The summed E-state index contributed by atoms with van der Waals surface area (Å²) in [6, 6.07) is 0. The molecule has 0 fully saturated rings. The standard InChI is InChI=1S/C11H10F13NO/c1-3-25(4-2)5(26)6(12,13)7(14,15)8(16,17)9(18,19)10(20,21)11(22,23)24/h3-4H2,1-2H3. The Morgan fingerprint density at radius 3 is 1.19 bits per heavy atom. The van der Waals surface area contributed by atoms with E-state index in [1.165, 1.54) is 0 Å². The van der Waals surface area contributed by atoms with Gasteiger partial charge in [0.15, 0.2) is 0 Å². The van der Waals surface area contributed by atoms with Crippen LogP contribution in [0.25, 0.3) is 0 Å². The van der Waals surface area contributed by atoms with Gasteiger partial charge in [-0.2, -0.15) is 57.1 Å². The molecule has 0 N–H and O–H groups in total. The molecule has 0 unspecified atom stereocenters. The van der Waals surface area contributed by atoms with Gasteiger partial charge in [-0.1, -0.05) is 0 Å². The lowest BCUT2D eigenvalue weighted by atomic mass is 9.93. The van der Waals surface area contributed by atoms with Gasteiger partial charge in [-0.15, -0.1) is 0 Å². The van der Waals surface area contributed by atoms with Crippen LogP contribution in [0.4, 0.5) is 57.1 Å². The van der Waals surface area contributed by atoms with Crippen LogP contribution >= 0.6 is 0 Å². The highest BCUT2D eigenvalue weighted by Crippen LogP contribution is 2.60. The summed E-state index contributed by atoms with van der Waals surface area (Å²) in [5, 5.41) is 0. The summed E-state index contributed by atoms with van der Waals surface area (Å²) in [5.41, 5.74) is 0. The van der Waals surface area contributed by atoms with E-state index in [0.717, 1.165) is 13.8 Å². The summed E-state index contributed by atoms with van der Waals surface area (Å²) in [5.74, 6) is -41.2. The molecule has 1 amide bonds. The molecule has 0 rings (SSSR count). The lowest BCUT2D eigenvalue weighted by molar-refractivity contribution is -0.436. The van der Waals surface area contributed by atoms with Gasteiger partial charge in [-0.25, -0.2) is 0 Å². The Morgan fingerprint density at radius 1 is 0.615 bits per heavy atom. The van der Waals surface area contributed by atoms with Crippen molar-refractivity contribution in [2.45, 2.75) is 49.6 Å². The molecule has 2 nitrogen and oxygen atoms in total. The van der Waals surface area contributed by atoms with Crippen LogP contribution in [-0.2, 0) is 4.79 Å². The molecule has 0 aromatic heterocycles. The van der Waals surface area contributed by atoms with Crippen LogP contribution in [0, 0.1) is 0 Å². The Balaban J connectivity index is 6.37. The quantitative estimate of drug-likeness (QED) is 0.553. The van der Waals surface area contributed by atoms with Gasteiger partial charge in [0, 0.05) is 13.1 Å². The molecule has 0 aliphatic rings. The van der Waals surface area contributed by atoms with Crippen LogP contribution in [0.5, 0.6) is 0 Å². The second-order valence-electron chi connectivity index (χ2n) is 4.85. The second-order valence-corrected chi connectivity index (χ2v) is 4.85. The number of amides is 1. The van der Waals surface area contributed by atoms with Crippen LogP contribution in [0.1, 0.15) is 13.8 Å². The number of alkyl halides is 13. The van der Waals surface area contributed by atoms with E-state index in [1.54, 1.807) is 0 Å². The smallest absolute Gasteiger partial charge is 0.338 e. The van der Waals surface area contributed by atoms with Gasteiger partial charge in [-0.3, -0.25) is 4.79 Å². The minimum Gasteiger partial charge on any atom is -0.338 e. The number of hydrogen-bond donors (Lipinski definition) is 0. The van der Waals surface area contributed by atoms with Crippen LogP contribution in [0.3, 0.4) is 0 Å². The molecule has 0 aromatic carbocycles. The van der Waals surface area contributed by atoms with E-state index in [4.69, 9.17) is 0 Å². The Labute approximate surface area is 136 Å². The first kappa shape index (κ1) is 24.6. The maximum absolute atomic E-state index is 13.4. The highest BCUT2D eigenvalue weighted by Gasteiger charge is 2.91. The van der Waals surface area contributed by atoms with Crippen LogP contribution in [0.15, 0.2) is 0 Å². The van der Waals surface area contributed by atoms with E-state index < -0.39 is 54.8 Å². The van der Waals surface area contributed by atoms with Crippen molar-refractivity contribution in [2.24, 2.45) is 0 Å². The van der Waals surface area contributed by atoms with Crippen molar-refractivity contribution >= 4 is 5.91 Å². The predicted octanol–water partition coefficient (Wildman–Crippen LogP) is 4.59. The van der Waals surface area contributed by atoms with Gasteiger partial charge in [0.05, 0.1) is 0 Å². The number of carbonyl (C=O) groups is 1. The van der Waals surface area contributed by atoms with Crippen molar-refractivity contribution in [3.63, 3.8) is 0 Å². The van der Waals surface area contributed by atoms with Gasteiger partial charge in [0.25, 0.3) is 5.91 Å². The van der Waals surface area contributed by atoms with E-state index in [0.29, 0.717) is 0 Å². The van der Waals surface area contributed by atoms with Gasteiger partial charge < -0.3 is 4.90 Å². The third-order valence-electron chi connectivity index (χ3n) is 3.25. The molecule has 0 aliphatic carbocycles. The molecular weight excluding hydrogens is 409 g/mol. The number of hydrogen-bond acceptors (Lipinski definition) is 1. The minimum atomic E-state index is -8.01. The summed E-state index contributed by atoms with van der Waals surface area (Å²) in [6.45, 7) is 0.170. The number of nitrogens with zero attached hydrogens (tertiary/aromatic N) is 1. The summed E-state index contributed by atoms with van der Waals surface area (Å²) < 4.78 is 167. The maximum Gasteiger partial charge on any atom is 0.460 e. The Bertz CT molecular complexity index is 521. The summed E-state index contributed by atoms with van der Waals surface area (Å²) >= 11 is 0. The first-order chi connectivity index (χ1) is 11.2. The normalized spacial score (nSPS) is 15.2. The third kappa shape index (κ3) is 3.17. The molecule has 0 aromatic rings. The molecule has 0 radical (unpaired) electrons. The van der Waals surface area contributed by atoms with Crippen molar-refractivity contribution < 1.29 is 61.9 Å². The lowest BCUT2D eigenvalue weighted by Crippen LogP contribution is -2.72. The zero-order valence-corrected chi connectivity index (χ0v) is 12.7. The fourth-order valence-corrected chi connectivity index (χ4v) is 1.61. The predicted molar refractivity (Wildman–Crippen MR) is 58.7 cm³/mol. The molecule has 26 heavy (non-hydrogen) atoms. The minimum absolute atomic E-state index is 0.232. The van der Waals surface area contributed by atoms with Crippen molar-refractivity contribution in [3.8, 4) is 0 Å². The summed E-state index contributed by atoms with van der Waals surface area (Å²) in [7, 11) is 0. The van der Waals surface area contributed by atoms with Crippen molar-refractivity contribution in [1.29, 1.82) is 0 Å². The van der Waals surface area contributed by atoms with E-state index in [9.17, 15) is 61.9 Å². The molecule has 0 saturated carbocycles.